The van der Waals surface area contributed by atoms with Gasteiger partial charge in [-0.05, 0) is 72.5 Å². The zero-order chi connectivity index (χ0) is 23.9. The van der Waals surface area contributed by atoms with Crippen molar-refractivity contribution in [3.05, 3.63) is 88.2 Å². The lowest BCUT2D eigenvalue weighted by atomic mass is 10.2. The lowest BCUT2D eigenvalue weighted by Gasteiger charge is -2.17. The molecule has 1 heterocycles. The van der Waals surface area contributed by atoms with Gasteiger partial charge in [-0.3, -0.25) is 4.79 Å². The molecule has 1 amide bonds. The lowest BCUT2D eigenvalue weighted by molar-refractivity contribution is 0.0955. The Hall–Kier alpha value is -3.58. The van der Waals surface area contributed by atoms with Gasteiger partial charge in [0.15, 0.2) is 11.5 Å². The Morgan fingerprint density at radius 2 is 1.91 bits per heavy atom. The monoisotopic (exact) mass is 481 g/mol. The molecule has 6 nitrogen and oxygen atoms in total. The van der Waals surface area contributed by atoms with Crippen molar-refractivity contribution >= 4 is 29.4 Å². The molecule has 34 heavy (non-hydrogen) atoms. The van der Waals surface area contributed by atoms with Crippen molar-refractivity contribution in [3.8, 4) is 11.5 Å². The second kappa shape index (κ2) is 11.0. The van der Waals surface area contributed by atoms with Gasteiger partial charge in [0.05, 0.1) is 18.3 Å². The van der Waals surface area contributed by atoms with E-state index in [2.05, 4.69) is 15.4 Å². The van der Waals surface area contributed by atoms with Crippen LogP contribution in [-0.2, 0) is 6.61 Å². The summed E-state index contributed by atoms with van der Waals surface area (Å²) in [5.41, 5.74) is 5.46. The van der Waals surface area contributed by atoms with E-state index >= 15 is 0 Å². The number of hydrazone groups is 1. The highest BCUT2D eigenvalue weighted by Gasteiger charge is 2.14. The number of methoxy groups -OCH3 is 1. The average Bonchev–Trinajstić information content (AvgIpc) is 3.38. The molecule has 0 saturated carbocycles. The fourth-order valence-corrected chi connectivity index (χ4v) is 4.04. The maximum atomic E-state index is 13.4. The van der Waals surface area contributed by atoms with Crippen molar-refractivity contribution in [1.82, 2.24) is 5.43 Å². The topological polar surface area (TPSA) is 63.2 Å². The first kappa shape index (κ1) is 23.6. The van der Waals surface area contributed by atoms with E-state index in [9.17, 15) is 9.18 Å². The number of anilines is 1. The Labute approximate surface area is 202 Å². The molecule has 0 aromatic heterocycles. The molecule has 1 saturated heterocycles. The average molecular weight is 482 g/mol. The Bertz CT molecular complexity index is 1180. The molecule has 3 aromatic carbocycles. The van der Waals surface area contributed by atoms with Gasteiger partial charge in [0, 0.05) is 24.3 Å². The largest absolute Gasteiger partial charge is 0.493 e. The molecule has 8 heteroatoms. The minimum absolute atomic E-state index is 0.133. The van der Waals surface area contributed by atoms with Gasteiger partial charge in [-0.1, -0.05) is 23.7 Å². The van der Waals surface area contributed by atoms with Gasteiger partial charge in [-0.25, -0.2) is 9.82 Å². The quantitative estimate of drug-likeness (QED) is 0.344. The SMILES string of the molecule is COc1cc(/C=N\NC(=O)c2ccc(N3CCCC3)cc2)cc(Cl)c1OCc1cccc(F)c1. The molecule has 1 fully saturated rings. The van der Waals surface area contributed by atoms with E-state index in [4.69, 9.17) is 21.1 Å². The van der Waals surface area contributed by atoms with Crippen LogP contribution in [0.1, 0.15) is 34.3 Å². The lowest BCUT2D eigenvalue weighted by Crippen LogP contribution is -2.19. The number of hydrogen-bond acceptors (Lipinski definition) is 5. The number of carbonyl (C=O) groups is 1. The number of halogens is 2. The highest BCUT2D eigenvalue weighted by atomic mass is 35.5. The van der Waals surface area contributed by atoms with Crippen molar-refractivity contribution in [2.24, 2.45) is 5.10 Å². The summed E-state index contributed by atoms with van der Waals surface area (Å²) in [6.07, 6.45) is 3.87. The van der Waals surface area contributed by atoms with Gasteiger partial charge in [0.2, 0.25) is 0 Å². The molecule has 1 aliphatic heterocycles. The molecule has 0 atom stereocenters. The van der Waals surface area contributed by atoms with Gasteiger partial charge < -0.3 is 14.4 Å². The van der Waals surface area contributed by atoms with Gasteiger partial charge in [-0.2, -0.15) is 5.10 Å². The minimum Gasteiger partial charge on any atom is -0.493 e. The number of hydrogen-bond donors (Lipinski definition) is 1. The number of carbonyl (C=O) groups excluding carboxylic acids is 1. The maximum absolute atomic E-state index is 13.4. The second-order valence-corrected chi connectivity index (χ2v) is 8.30. The van der Waals surface area contributed by atoms with E-state index in [1.807, 2.05) is 12.1 Å². The van der Waals surface area contributed by atoms with E-state index in [1.54, 1.807) is 36.4 Å². The molecule has 1 N–H and O–H groups in total. The smallest absolute Gasteiger partial charge is 0.271 e. The molecule has 4 rings (SSSR count). The number of benzene rings is 3. The molecule has 176 valence electrons. The van der Waals surface area contributed by atoms with Crippen molar-refractivity contribution in [2.75, 3.05) is 25.1 Å². The molecule has 0 radical (unpaired) electrons. The molecular formula is C26H25ClFN3O3. The number of nitrogens with zero attached hydrogens (tertiary/aromatic N) is 2. The Kier molecular flexibility index (Phi) is 7.65. The van der Waals surface area contributed by atoms with Crippen LogP contribution in [-0.4, -0.2) is 32.3 Å². The summed E-state index contributed by atoms with van der Waals surface area (Å²) in [5, 5.41) is 4.34. The summed E-state index contributed by atoms with van der Waals surface area (Å²) < 4.78 is 24.5. The highest BCUT2D eigenvalue weighted by Crippen LogP contribution is 2.36. The summed E-state index contributed by atoms with van der Waals surface area (Å²) >= 11 is 6.38. The third-order valence-electron chi connectivity index (χ3n) is 5.50. The first-order chi connectivity index (χ1) is 16.5. The van der Waals surface area contributed by atoms with Crippen LogP contribution in [0.2, 0.25) is 5.02 Å². The van der Waals surface area contributed by atoms with E-state index in [1.165, 1.54) is 38.3 Å². The van der Waals surface area contributed by atoms with Crippen LogP contribution in [0.5, 0.6) is 11.5 Å². The minimum atomic E-state index is -0.338. The molecule has 0 bridgehead atoms. The molecule has 0 aliphatic carbocycles. The van der Waals surface area contributed by atoms with Crippen LogP contribution in [0.4, 0.5) is 10.1 Å². The van der Waals surface area contributed by atoms with Gasteiger partial charge in [-0.15, -0.1) is 0 Å². The summed E-state index contributed by atoms with van der Waals surface area (Å²) in [6, 6.07) is 17.0. The number of ether oxygens (including phenoxy) is 2. The molecule has 0 unspecified atom stereocenters. The Balaban J connectivity index is 1.38. The highest BCUT2D eigenvalue weighted by molar-refractivity contribution is 6.32. The summed E-state index contributed by atoms with van der Waals surface area (Å²) in [6.45, 7) is 2.24. The molecule has 1 aliphatic rings. The number of nitrogens with one attached hydrogen (secondary N) is 1. The number of rotatable bonds is 8. The third kappa shape index (κ3) is 5.85. The fourth-order valence-electron chi connectivity index (χ4n) is 3.77. The van der Waals surface area contributed by atoms with Crippen LogP contribution in [0.25, 0.3) is 0 Å². The van der Waals surface area contributed by atoms with Crippen molar-refractivity contribution < 1.29 is 18.7 Å². The maximum Gasteiger partial charge on any atom is 0.271 e. The normalized spacial score (nSPS) is 13.3. The van der Waals surface area contributed by atoms with Crippen LogP contribution in [0.3, 0.4) is 0 Å². The Morgan fingerprint density at radius 3 is 2.62 bits per heavy atom. The van der Waals surface area contributed by atoms with Crippen molar-refractivity contribution in [2.45, 2.75) is 19.4 Å². The van der Waals surface area contributed by atoms with Crippen molar-refractivity contribution in [1.29, 1.82) is 0 Å². The predicted octanol–water partition coefficient (Wildman–Crippen LogP) is 5.43. The fraction of sp³-hybridized carbons (Fsp3) is 0.231. The second-order valence-electron chi connectivity index (χ2n) is 7.89. The molecule has 0 spiro atoms. The Morgan fingerprint density at radius 1 is 1.15 bits per heavy atom. The molecular weight excluding hydrogens is 457 g/mol. The summed E-state index contributed by atoms with van der Waals surface area (Å²) in [7, 11) is 1.50. The van der Waals surface area contributed by atoms with Gasteiger partial charge in [0.1, 0.15) is 12.4 Å². The van der Waals surface area contributed by atoms with Crippen LogP contribution < -0.4 is 19.8 Å². The van der Waals surface area contributed by atoms with Crippen LogP contribution in [0.15, 0.2) is 65.8 Å². The van der Waals surface area contributed by atoms with E-state index in [-0.39, 0.29) is 18.3 Å². The van der Waals surface area contributed by atoms with Gasteiger partial charge >= 0.3 is 0 Å². The van der Waals surface area contributed by atoms with Crippen LogP contribution in [0, 0.1) is 5.82 Å². The predicted molar refractivity (Wildman–Crippen MR) is 132 cm³/mol. The van der Waals surface area contributed by atoms with Crippen LogP contribution >= 0.6 is 11.6 Å². The van der Waals surface area contributed by atoms with Crippen molar-refractivity contribution in [3.63, 3.8) is 0 Å². The zero-order valence-corrected chi connectivity index (χ0v) is 19.5. The van der Waals surface area contributed by atoms with Gasteiger partial charge in [0.25, 0.3) is 5.91 Å². The van der Waals surface area contributed by atoms with E-state index in [0.717, 1.165) is 18.8 Å². The summed E-state index contributed by atoms with van der Waals surface area (Å²) in [4.78, 5) is 14.7. The summed E-state index contributed by atoms with van der Waals surface area (Å²) in [5.74, 6) is 0.0921. The zero-order valence-electron chi connectivity index (χ0n) is 18.8. The first-order valence-electron chi connectivity index (χ1n) is 11.0. The number of amides is 1. The standard InChI is InChI=1S/C26H25ClFN3O3/c1-33-24-15-19(14-23(27)25(24)34-17-18-5-4-6-21(28)13-18)16-29-30-26(32)20-7-9-22(10-8-20)31-11-2-3-12-31/h4-10,13-16H,2-3,11-12,17H2,1H3,(H,30,32)/b29-16-. The van der Waals surface area contributed by atoms with E-state index in [0.29, 0.717) is 33.2 Å². The third-order valence-corrected chi connectivity index (χ3v) is 5.79. The first-order valence-corrected chi connectivity index (χ1v) is 11.3. The van der Waals surface area contributed by atoms with E-state index < -0.39 is 0 Å². The molecule has 3 aromatic rings.